The summed E-state index contributed by atoms with van der Waals surface area (Å²) < 4.78 is 0. The van der Waals surface area contributed by atoms with Gasteiger partial charge in [0.2, 0.25) is 0 Å². The normalized spacial score (nSPS) is 25.2. The number of benzene rings is 1. The molecule has 0 aromatic heterocycles. The maximum absolute atomic E-state index is 3.37. The minimum absolute atomic E-state index is 0.454. The van der Waals surface area contributed by atoms with Gasteiger partial charge in [-0.15, -0.1) is 0 Å². The second-order valence-corrected chi connectivity index (χ2v) is 6.57. The number of nitrogens with zero attached hydrogens (tertiary/aromatic N) is 1. The van der Waals surface area contributed by atoms with Crippen molar-refractivity contribution in [3.63, 3.8) is 0 Å². The third kappa shape index (κ3) is 3.37. The average molecular weight is 260 g/mol. The quantitative estimate of drug-likeness (QED) is 0.893. The van der Waals surface area contributed by atoms with E-state index in [1.165, 1.54) is 25.1 Å². The van der Waals surface area contributed by atoms with Crippen LogP contribution in [0.2, 0.25) is 0 Å². The summed E-state index contributed by atoms with van der Waals surface area (Å²) in [4.78, 5) is 2.64. The molecule has 0 amide bonds. The van der Waals surface area contributed by atoms with Crippen molar-refractivity contribution >= 4 is 0 Å². The van der Waals surface area contributed by atoms with Gasteiger partial charge in [-0.2, -0.15) is 0 Å². The summed E-state index contributed by atoms with van der Waals surface area (Å²) in [5.74, 6) is 0.734. The average Bonchev–Trinajstić information content (AvgIpc) is 2.41. The van der Waals surface area contributed by atoms with Gasteiger partial charge in [-0.25, -0.2) is 0 Å². The molecule has 2 nitrogen and oxygen atoms in total. The van der Waals surface area contributed by atoms with Gasteiger partial charge in [-0.05, 0) is 50.4 Å². The lowest BCUT2D eigenvalue weighted by atomic mass is 9.73. The van der Waals surface area contributed by atoms with Crippen molar-refractivity contribution in [2.75, 3.05) is 26.7 Å². The highest BCUT2D eigenvalue weighted by molar-refractivity contribution is 5.18. The predicted molar refractivity (Wildman–Crippen MR) is 82.2 cm³/mol. The minimum Gasteiger partial charge on any atom is -0.319 e. The lowest BCUT2D eigenvalue weighted by molar-refractivity contribution is 0.0387. The Hall–Kier alpha value is -0.860. The standard InChI is InChI=1S/C17H28N2/c1-14(15-8-6-5-7-9-15)19-11-10-17(2,3)16(13-19)12-18-4/h5-9,14,16,18H,10-13H2,1-4H3. The smallest absolute Gasteiger partial charge is 0.0320 e. The number of rotatable bonds is 4. The van der Waals surface area contributed by atoms with Crippen LogP contribution in [0.4, 0.5) is 0 Å². The molecule has 2 unspecified atom stereocenters. The largest absolute Gasteiger partial charge is 0.319 e. The molecular weight excluding hydrogens is 232 g/mol. The van der Waals surface area contributed by atoms with E-state index in [0.29, 0.717) is 11.5 Å². The van der Waals surface area contributed by atoms with Crippen LogP contribution < -0.4 is 5.32 Å². The van der Waals surface area contributed by atoms with Gasteiger partial charge in [0.25, 0.3) is 0 Å². The highest BCUT2D eigenvalue weighted by Crippen LogP contribution is 2.38. The molecule has 0 bridgehead atoms. The lowest BCUT2D eigenvalue weighted by Gasteiger charge is -2.46. The maximum atomic E-state index is 3.37. The van der Waals surface area contributed by atoms with Crippen LogP contribution in [0, 0.1) is 11.3 Å². The molecule has 106 valence electrons. The van der Waals surface area contributed by atoms with E-state index in [1.54, 1.807) is 0 Å². The van der Waals surface area contributed by atoms with Crippen molar-refractivity contribution in [3.8, 4) is 0 Å². The van der Waals surface area contributed by atoms with Gasteiger partial charge in [0.15, 0.2) is 0 Å². The minimum atomic E-state index is 0.454. The van der Waals surface area contributed by atoms with Crippen molar-refractivity contribution in [1.29, 1.82) is 0 Å². The zero-order chi connectivity index (χ0) is 13.9. The lowest BCUT2D eigenvalue weighted by Crippen LogP contribution is -2.48. The highest BCUT2D eigenvalue weighted by Gasteiger charge is 2.36. The van der Waals surface area contributed by atoms with Gasteiger partial charge >= 0.3 is 0 Å². The number of nitrogens with one attached hydrogen (secondary N) is 1. The molecule has 2 heteroatoms. The van der Waals surface area contributed by atoms with Crippen LogP contribution in [0.15, 0.2) is 30.3 Å². The third-order valence-corrected chi connectivity index (χ3v) is 4.88. The molecule has 1 aliphatic rings. The Balaban J connectivity index is 2.06. The molecule has 0 radical (unpaired) electrons. The summed E-state index contributed by atoms with van der Waals surface area (Å²) in [5.41, 5.74) is 1.89. The topological polar surface area (TPSA) is 15.3 Å². The maximum Gasteiger partial charge on any atom is 0.0320 e. The van der Waals surface area contributed by atoms with Crippen molar-refractivity contribution in [2.45, 2.75) is 33.2 Å². The zero-order valence-corrected chi connectivity index (χ0v) is 12.8. The van der Waals surface area contributed by atoms with Crippen molar-refractivity contribution in [2.24, 2.45) is 11.3 Å². The van der Waals surface area contributed by atoms with E-state index < -0.39 is 0 Å². The molecule has 0 spiro atoms. The number of hydrogen-bond donors (Lipinski definition) is 1. The summed E-state index contributed by atoms with van der Waals surface area (Å²) >= 11 is 0. The number of piperidine rings is 1. The highest BCUT2D eigenvalue weighted by atomic mass is 15.2. The molecule has 1 aromatic carbocycles. The third-order valence-electron chi connectivity index (χ3n) is 4.88. The Kier molecular flexibility index (Phi) is 4.64. The first-order valence-electron chi connectivity index (χ1n) is 7.48. The van der Waals surface area contributed by atoms with E-state index in [0.717, 1.165) is 12.5 Å². The molecule has 1 heterocycles. The first-order valence-corrected chi connectivity index (χ1v) is 7.48. The zero-order valence-electron chi connectivity index (χ0n) is 12.8. The Morgan fingerprint density at radius 2 is 2.00 bits per heavy atom. The van der Waals surface area contributed by atoms with Crippen LogP contribution in [-0.4, -0.2) is 31.6 Å². The first kappa shape index (κ1) is 14.5. The molecule has 1 saturated heterocycles. The van der Waals surface area contributed by atoms with Crippen molar-refractivity contribution < 1.29 is 0 Å². The first-order chi connectivity index (χ1) is 9.04. The van der Waals surface area contributed by atoms with E-state index >= 15 is 0 Å². The van der Waals surface area contributed by atoms with Gasteiger partial charge in [0.05, 0.1) is 0 Å². The molecule has 19 heavy (non-hydrogen) atoms. The molecule has 2 atom stereocenters. The van der Waals surface area contributed by atoms with Gasteiger partial charge in [0.1, 0.15) is 0 Å². The molecule has 1 aliphatic heterocycles. The second kappa shape index (κ2) is 6.06. The van der Waals surface area contributed by atoms with Gasteiger partial charge in [0, 0.05) is 12.6 Å². The number of likely N-dealkylation sites (tertiary alicyclic amines) is 1. The van der Waals surface area contributed by atoms with Crippen molar-refractivity contribution in [3.05, 3.63) is 35.9 Å². The van der Waals surface area contributed by atoms with Gasteiger partial charge < -0.3 is 5.32 Å². The molecule has 2 rings (SSSR count). The van der Waals surface area contributed by atoms with Gasteiger partial charge in [-0.3, -0.25) is 4.90 Å². The molecule has 0 aliphatic carbocycles. The van der Waals surface area contributed by atoms with E-state index in [1.807, 2.05) is 0 Å². The Bertz CT molecular complexity index is 386. The van der Waals surface area contributed by atoms with Crippen LogP contribution in [0.1, 0.15) is 38.8 Å². The van der Waals surface area contributed by atoms with Crippen molar-refractivity contribution in [1.82, 2.24) is 10.2 Å². The monoisotopic (exact) mass is 260 g/mol. The molecular formula is C17H28N2. The SMILES string of the molecule is CNCC1CN(C(C)c2ccccc2)CCC1(C)C. The van der Waals surface area contributed by atoms with E-state index in [-0.39, 0.29) is 0 Å². The number of hydrogen-bond acceptors (Lipinski definition) is 2. The molecule has 0 saturated carbocycles. The fourth-order valence-corrected chi connectivity index (χ4v) is 3.14. The summed E-state index contributed by atoms with van der Waals surface area (Å²) in [5, 5.41) is 3.37. The van der Waals surface area contributed by atoms with E-state index in [4.69, 9.17) is 0 Å². The van der Waals surface area contributed by atoms with Crippen LogP contribution in [0.25, 0.3) is 0 Å². The van der Waals surface area contributed by atoms with Crippen LogP contribution in [-0.2, 0) is 0 Å². The predicted octanol–water partition coefficient (Wildman–Crippen LogP) is 3.32. The fourth-order valence-electron chi connectivity index (χ4n) is 3.14. The summed E-state index contributed by atoms with van der Waals surface area (Å²) in [6.45, 7) is 10.7. The van der Waals surface area contributed by atoms with E-state index in [2.05, 4.69) is 68.4 Å². The summed E-state index contributed by atoms with van der Waals surface area (Å²) in [7, 11) is 2.07. The Labute approximate surface area is 118 Å². The summed E-state index contributed by atoms with van der Waals surface area (Å²) in [6, 6.07) is 11.4. The Morgan fingerprint density at radius 3 is 2.63 bits per heavy atom. The van der Waals surface area contributed by atoms with Crippen LogP contribution in [0.3, 0.4) is 0 Å². The fraction of sp³-hybridized carbons (Fsp3) is 0.647. The van der Waals surface area contributed by atoms with Crippen LogP contribution in [0.5, 0.6) is 0 Å². The Morgan fingerprint density at radius 1 is 1.32 bits per heavy atom. The van der Waals surface area contributed by atoms with Gasteiger partial charge in [-0.1, -0.05) is 44.2 Å². The molecule has 1 aromatic rings. The second-order valence-electron chi connectivity index (χ2n) is 6.57. The molecule has 1 N–H and O–H groups in total. The summed E-state index contributed by atoms with van der Waals surface area (Å²) in [6.07, 6.45) is 1.29. The molecule has 1 fully saturated rings. The van der Waals surface area contributed by atoms with Crippen LogP contribution >= 0.6 is 0 Å². The van der Waals surface area contributed by atoms with E-state index in [9.17, 15) is 0 Å².